The number of halogens is 1. The summed E-state index contributed by atoms with van der Waals surface area (Å²) < 4.78 is 31.2. The van der Waals surface area contributed by atoms with Gasteiger partial charge < -0.3 is 19.5 Å². The number of nitrogens with one attached hydrogen (secondary N) is 1. The lowest BCUT2D eigenvalue weighted by Gasteiger charge is -2.19. The summed E-state index contributed by atoms with van der Waals surface area (Å²) >= 11 is 0. The summed E-state index contributed by atoms with van der Waals surface area (Å²) in [5.74, 6) is -0.384. The molecule has 9 heteroatoms. The number of amides is 1. The fraction of sp³-hybridized carbons (Fsp3) is 0.292. The highest BCUT2D eigenvalue weighted by molar-refractivity contribution is 5.97. The van der Waals surface area contributed by atoms with Crippen molar-refractivity contribution < 1.29 is 28.2 Å². The lowest BCUT2D eigenvalue weighted by atomic mass is 9.98. The smallest absolute Gasteiger partial charge is 0.332 e. The summed E-state index contributed by atoms with van der Waals surface area (Å²) in [7, 11) is 0. The summed E-state index contributed by atoms with van der Waals surface area (Å²) in [5.41, 5.74) is 4.55. The van der Waals surface area contributed by atoms with Crippen molar-refractivity contribution in [1.29, 1.82) is 0 Å². The van der Waals surface area contributed by atoms with Crippen LogP contribution in [0.3, 0.4) is 0 Å². The first kappa shape index (κ1) is 22.5. The van der Waals surface area contributed by atoms with Gasteiger partial charge in [0, 0.05) is 11.1 Å². The van der Waals surface area contributed by atoms with E-state index in [1.54, 1.807) is 29.8 Å². The molecular formula is C24H24FN3O5. The predicted octanol–water partition coefficient (Wildman–Crippen LogP) is 3.58. The van der Waals surface area contributed by atoms with Gasteiger partial charge in [0.05, 0.1) is 36.8 Å². The molecule has 0 bridgehead atoms. The van der Waals surface area contributed by atoms with Crippen molar-refractivity contribution in [2.45, 2.75) is 20.4 Å². The highest BCUT2D eigenvalue weighted by atomic mass is 19.1. The van der Waals surface area contributed by atoms with Crippen LogP contribution in [0.15, 0.2) is 42.5 Å². The number of hydrogen-bond acceptors (Lipinski definition) is 6. The van der Waals surface area contributed by atoms with E-state index in [9.17, 15) is 14.0 Å². The number of nitrogens with zero attached hydrogens (tertiary/aromatic N) is 2. The second-order valence-electron chi connectivity index (χ2n) is 7.44. The molecule has 0 radical (unpaired) electrons. The summed E-state index contributed by atoms with van der Waals surface area (Å²) in [6.07, 6.45) is 0. The summed E-state index contributed by atoms with van der Waals surface area (Å²) in [6.45, 7) is 4.36. The lowest BCUT2D eigenvalue weighted by Crippen LogP contribution is -2.25. The average Bonchev–Trinajstić information content (AvgIpc) is 3.12. The molecule has 172 valence electrons. The summed E-state index contributed by atoms with van der Waals surface area (Å²) in [5, 5.41) is 7.50. The van der Waals surface area contributed by atoms with Crippen molar-refractivity contribution in [3.8, 4) is 28.1 Å². The monoisotopic (exact) mass is 453 g/mol. The standard InChI is InChI=1S/C24H24FN3O5/c1-3-32-22(30)14-31-11-10-28-24(16-4-7-18(25)8-5-16)23(15(2)27-28)17-6-9-20-19(12-17)26-21(29)13-33-20/h4-9,12H,3,10-11,13-14H2,1-2H3,(H,26,29). The van der Waals surface area contributed by atoms with E-state index in [2.05, 4.69) is 10.4 Å². The zero-order chi connectivity index (χ0) is 23.4. The molecule has 0 atom stereocenters. The van der Waals surface area contributed by atoms with Crippen LogP contribution in [0.5, 0.6) is 5.75 Å². The van der Waals surface area contributed by atoms with Crippen LogP contribution in [0.2, 0.25) is 0 Å². The number of rotatable bonds is 8. The van der Waals surface area contributed by atoms with Crippen molar-refractivity contribution in [2.75, 3.05) is 31.7 Å². The molecule has 0 spiro atoms. The van der Waals surface area contributed by atoms with Gasteiger partial charge in [-0.15, -0.1) is 0 Å². The number of anilines is 1. The topological polar surface area (TPSA) is 91.7 Å². The van der Waals surface area contributed by atoms with Crippen LogP contribution < -0.4 is 10.1 Å². The number of aromatic nitrogens is 2. The normalized spacial score (nSPS) is 12.6. The molecule has 0 unspecified atom stereocenters. The molecule has 4 rings (SSSR count). The summed E-state index contributed by atoms with van der Waals surface area (Å²) in [4.78, 5) is 23.3. The van der Waals surface area contributed by atoms with Crippen molar-refractivity contribution in [3.63, 3.8) is 0 Å². The second-order valence-corrected chi connectivity index (χ2v) is 7.44. The van der Waals surface area contributed by atoms with Gasteiger partial charge in [-0.05, 0) is 55.8 Å². The first-order valence-corrected chi connectivity index (χ1v) is 10.6. The Morgan fingerprint density at radius 3 is 2.73 bits per heavy atom. The molecule has 33 heavy (non-hydrogen) atoms. The molecule has 1 amide bonds. The minimum Gasteiger partial charge on any atom is -0.482 e. The number of fused-ring (bicyclic) bond motifs is 1. The third-order valence-electron chi connectivity index (χ3n) is 5.12. The van der Waals surface area contributed by atoms with Gasteiger partial charge in [-0.25, -0.2) is 9.18 Å². The predicted molar refractivity (Wildman–Crippen MR) is 119 cm³/mol. The Morgan fingerprint density at radius 1 is 1.21 bits per heavy atom. The molecule has 1 aliphatic rings. The van der Waals surface area contributed by atoms with Crippen LogP contribution in [0.1, 0.15) is 12.6 Å². The molecule has 3 aromatic rings. The van der Waals surface area contributed by atoms with Crippen LogP contribution in [-0.4, -0.2) is 48.1 Å². The molecule has 1 N–H and O–H groups in total. The fourth-order valence-electron chi connectivity index (χ4n) is 3.74. The van der Waals surface area contributed by atoms with E-state index in [1.165, 1.54) is 12.1 Å². The van der Waals surface area contributed by atoms with Crippen LogP contribution in [-0.2, 0) is 25.6 Å². The van der Waals surface area contributed by atoms with E-state index in [0.717, 1.165) is 28.1 Å². The van der Waals surface area contributed by atoms with Gasteiger partial charge in [0.2, 0.25) is 0 Å². The van der Waals surface area contributed by atoms with Crippen LogP contribution in [0.4, 0.5) is 10.1 Å². The third-order valence-corrected chi connectivity index (χ3v) is 5.12. The van der Waals surface area contributed by atoms with Gasteiger partial charge in [-0.3, -0.25) is 9.48 Å². The number of carbonyl (C=O) groups is 2. The number of carbonyl (C=O) groups excluding carboxylic acids is 2. The molecule has 0 aliphatic carbocycles. The Hall–Kier alpha value is -3.72. The molecule has 0 saturated carbocycles. The zero-order valence-corrected chi connectivity index (χ0v) is 18.4. The third kappa shape index (κ3) is 5.04. The fourth-order valence-corrected chi connectivity index (χ4v) is 3.74. The maximum atomic E-state index is 13.6. The molecule has 8 nitrogen and oxygen atoms in total. The highest BCUT2D eigenvalue weighted by Crippen LogP contribution is 2.39. The van der Waals surface area contributed by atoms with E-state index < -0.39 is 5.97 Å². The maximum absolute atomic E-state index is 13.6. The van der Waals surface area contributed by atoms with Gasteiger partial charge in [0.15, 0.2) is 6.61 Å². The van der Waals surface area contributed by atoms with Crippen LogP contribution in [0.25, 0.3) is 22.4 Å². The summed E-state index contributed by atoms with van der Waals surface area (Å²) in [6, 6.07) is 11.7. The second kappa shape index (κ2) is 9.83. The first-order valence-electron chi connectivity index (χ1n) is 10.6. The zero-order valence-electron chi connectivity index (χ0n) is 18.4. The Morgan fingerprint density at radius 2 is 1.97 bits per heavy atom. The van der Waals surface area contributed by atoms with Crippen molar-refractivity contribution in [3.05, 3.63) is 54.0 Å². The largest absolute Gasteiger partial charge is 0.482 e. The number of esters is 1. The number of ether oxygens (including phenoxy) is 3. The Labute approximate surface area is 190 Å². The molecule has 2 aromatic carbocycles. The van der Waals surface area contributed by atoms with E-state index in [0.29, 0.717) is 24.6 Å². The Kier molecular flexibility index (Phi) is 6.69. The average molecular weight is 453 g/mol. The van der Waals surface area contributed by atoms with Gasteiger partial charge >= 0.3 is 5.97 Å². The van der Waals surface area contributed by atoms with Gasteiger partial charge in [0.1, 0.15) is 18.2 Å². The highest BCUT2D eigenvalue weighted by Gasteiger charge is 2.22. The van der Waals surface area contributed by atoms with Gasteiger partial charge in [-0.1, -0.05) is 6.07 Å². The van der Waals surface area contributed by atoms with E-state index in [1.807, 2.05) is 19.1 Å². The Bertz CT molecular complexity index is 1170. The number of benzene rings is 2. The van der Waals surface area contributed by atoms with Crippen molar-refractivity contribution >= 4 is 17.6 Å². The van der Waals surface area contributed by atoms with E-state index >= 15 is 0 Å². The molecule has 2 heterocycles. The molecule has 1 aliphatic heterocycles. The van der Waals surface area contributed by atoms with E-state index in [4.69, 9.17) is 14.2 Å². The minimum absolute atomic E-state index is 0.0179. The molecule has 0 saturated heterocycles. The maximum Gasteiger partial charge on any atom is 0.332 e. The SMILES string of the molecule is CCOC(=O)COCCn1nc(C)c(-c2ccc3c(c2)NC(=O)CO3)c1-c1ccc(F)cc1. The lowest BCUT2D eigenvalue weighted by molar-refractivity contribution is -0.148. The van der Waals surface area contributed by atoms with Gasteiger partial charge in [0.25, 0.3) is 5.91 Å². The van der Waals surface area contributed by atoms with Crippen molar-refractivity contribution in [2.24, 2.45) is 0 Å². The van der Waals surface area contributed by atoms with E-state index in [-0.39, 0.29) is 31.5 Å². The number of aryl methyl sites for hydroxylation is 1. The quantitative estimate of drug-likeness (QED) is 0.414. The van der Waals surface area contributed by atoms with Crippen LogP contribution in [0, 0.1) is 12.7 Å². The minimum atomic E-state index is -0.424. The molecule has 0 fully saturated rings. The van der Waals surface area contributed by atoms with Crippen LogP contribution >= 0.6 is 0 Å². The first-order chi connectivity index (χ1) is 16.0. The van der Waals surface area contributed by atoms with Crippen molar-refractivity contribution in [1.82, 2.24) is 9.78 Å². The Balaban J connectivity index is 1.68. The molecule has 1 aromatic heterocycles. The number of hydrogen-bond donors (Lipinski definition) is 1. The molecular weight excluding hydrogens is 429 g/mol. The van der Waals surface area contributed by atoms with Gasteiger partial charge in [-0.2, -0.15) is 5.10 Å².